The topological polar surface area (TPSA) is 68.0 Å². The quantitative estimate of drug-likeness (QED) is 0.865. The first-order chi connectivity index (χ1) is 8.70. The zero-order chi connectivity index (χ0) is 13.0. The van der Waals surface area contributed by atoms with E-state index in [4.69, 9.17) is 5.73 Å². The monoisotopic (exact) mass is 243 g/mol. The maximum absolute atomic E-state index is 11.8. The standard InChI is InChI=1S/C14H17N3O/c1-2-11(15)8-14(18)17-13-5-3-4-10-6-7-16-9-12(10)13/h3-7,9,11H,2,8,15H2,1H3,(H,17,18). The zero-order valence-corrected chi connectivity index (χ0v) is 10.4. The van der Waals surface area contributed by atoms with Crippen molar-refractivity contribution in [3.63, 3.8) is 0 Å². The number of hydrogen-bond donors (Lipinski definition) is 2. The lowest BCUT2D eigenvalue weighted by molar-refractivity contribution is -0.116. The third-order valence-electron chi connectivity index (χ3n) is 2.93. The smallest absolute Gasteiger partial charge is 0.225 e. The normalized spacial score (nSPS) is 12.3. The Balaban J connectivity index is 2.19. The molecule has 0 spiro atoms. The predicted molar refractivity (Wildman–Crippen MR) is 73.3 cm³/mol. The summed E-state index contributed by atoms with van der Waals surface area (Å²) in [4.78, 5) is 15.9. The SMILES string of the molecule is CCC(N)CC(=O)Nc1cccc2ccncc12. The van der Waals surface area contributed by atoms with Gasteiger partial charge in [0.05, 0.1) is 5.69 Å². The van der Waals surface area contributed by atoms with Crippen LogP contribution >= 0.6 is 0 Å². The van der Waals surface area contributed by atoms with Crippen LogP contribution in [-0.4, -0.2) is 16.9 Å². The molecule has 1 heterocycles. The number of aromatic nitrogens is 1. The van der Waals surface area contributed by atoms with Crippen molar-refractivity contribution in [2.45, 2.75) is 25.8 Å². The van der Waals surface area contributed by atoms with Crippen LogP contribution in [0.5, 0.6) is 0 Å². The predicted octanol–water partition coefficient (Wildman–Crippen LogP) is 2.30. The highest BCUT2D eigenvalue weighted by Gasteiger charge is 2.09. The van der Waals surface area contributed by atoms with E-state index in [9.17, 15) is 4.79 Å². The van der Waals surface area contributed by atoms with Crippen molar-refractivity contribution in [1.29, 1.82) is 0 Å². The summed E-state index contributed by atoms with van der Waals surface area (Å²) in [5.74, 6) is -0.0549. The third kappa shape index (κ3) is 2.84. The second kappa shape index (κ2) is 5.60. The van der Waals surface area contributed by atoms with E-state index in [-0.39, 0.29) is 11.9 Å². The van der Waals surface area contributed by atoms with E-state index >= 15 is 0 Å². The van der Waals surface area contributed by atoms with Gasteiger partial charge in [-0.05, 0) is 23.9 Å². The molecule has 1 atom stereocenters. The Kier molecular flexibility index (Phi) is 3.89. The van der Waals surface area contributed by atoms with Crippen LogP contribution in [0.15, 0.2) is 36.7 Å². The van der Waals surface area contributed by atoms with Gasteiger partial charge in [0.1, 0.15) is 0 Å². The number of amides is 1. The molecule has 0 fully saturated rings. The van der Waals surface area contributed by atoms with Gasteiger partial charge >= 0.3 is 0 Å². The van der Waals surface area contributed by atoms with Crippen molar-refractivity contribution in [3.8, 4) is 0 Å². The molecule has 3 N–H and O–H groups in total. The molecule has 0 aliphatic heterocycles. The van der Waals surface area contributed by atoms with Crippen LogP contribution < -0.4 is 11.1 Å². The highest BCUT2D eigenvalue weighted by molar-refractivity contribution is 6.01. The minimum Gasteiger partial charge on any atom is -0.327 e. The van der Waals surface area contributed by atoms with Crippen molar-refractivity contribution in [1.82, 2.24) is 4.98 Å². The number of hydrogen-bond acceptors (Lipinski definition) is 3. The maximum Gasteiger partial charge on any atom is 0.225 e. The number of carbonyl (C=O) groups is 1. The fraction of sp³-hybridized carbons (Fsp3) is 0.286. The fourth-order valence-electron chi connectivity index (χ4n) is 1.81. The molecule has 4 heteroatoms. The van der Waals surface area contributed by atoms with E-state index in [1.165, 1.54) is 0 Å². The number of rotatable bonds is 4. The highest BCUT2D eigenvalue weighted by Crippen LogP contribution is 2.22. The van der Waals surface area contributed by atoms with Crippen LogP contribution in [0.1, 0.15) is 19.8 Å². The molecule has 1 aromatic heterocycles. The summed E-state index contributed by atoms with van der Waals surface area (Å²) in [6.07, 6.45) is 4.63. The molecule has 0 radical (unpaired) electrons. The summed E-state index contributed by atoms with van der Waals surface area (Å²) in [6.45, 7) is 1.97. The second-order valence-corrected chi connectivity index (χ2v) is 4.32. The number of fused-ring (bicyclic) bond motifs is 1. The van der Waals surface area contributed by atoms with E-state index in [2.05, 4.69) is 10.3 Å². The lowest BCUT2D eigenvalue weighted by Gasteiger charge is -2.11. The van der Waals surface area contributed by atoms with Crippen molar-refractivity contribution >= 4 is 22.4 Å². The van der Waals surface area contributed by atoms with E-state index in [0.717, 1.165) is 22.9 Å². The summed E-state index contributed by atoms with van der Waals surface area (Å²) in [7, 11) is 0. The minimum absolute atomic E-state index is 0.0549. The van der Waals surface area contributed by atoms with E-state index in [1.54, 1.807) is 12.4 Å². The Morgan fingerprint density at radius 3 is 3.06 bits per heavy atom. The first-order valence-corrected chi connectivity index (χ1v) is 6.09. The molecule has 0 aliphatic rings. The Labute approximate surface area is 106 Å². The van der Waals surface area contributed by atoms with Crippen molar-refractivity contribution in [3.05, 3.63) is 36.7 Å². The van der Waals surface area contributed by atoms with Gasteiger partial charge in [0.2, 0.25) is 5.91 Å². The molecule has 0 saturated heterocycles. The van der Waals surface area contributed by atoms with Gasteiger partial charge in [0, 0.05) is 30.2 Å². The number of nitrogens with one attached hydrogen (secondary N) is 1. The number of anilines is 1. The lowest BCUT2D eigenvalue weighted by Crippen LogP contribution is -2.26. The first kappa shape index (κ1) is 12.5. The molecule has 18 heavy (non-hydrogen) atoms. The molecule has 1 aromatic carbocycles. The van der Waals surface area contributed by atoms with Gasteiger partial charge in [0.25, 0.3) is 0 Å². The molecule has 0 bridgehead atoms. The first-order valence-electron chi connectivity index (χ1n) is 6.09. The average molecular weight is 243 g/mol. The number of benzene rings is 1. The number of nitrogens with two attached hydrogens (primary N) is 1. The summed E-state index contributed by atoms with van der Waals surface area (Å²) in [5, 5.41) is 4.89. The van der Waals surface area contributed by atoms with Gasteiger partial charge < -0.3 is 11.1 Å². The Morgan fingerprint density at radius 2 is 2.28 bits per heavy atom. The molecule has 2 rings (SSSR count). The summed E-state index contributed by atoms with van der Waals surface area (Å²) < 4.78 is 0. The second-order valence-electron chi connectivity index (χ2n) is 4.32. The van der Waals surface area contributed by atoms with Crippen LogP contribution in [0.25, 0.3) is 10.8 Å². The maximum atomic E-state index is 11.8. The van der Waals surface area contributed by atoms with Crippen molar-refractivity contribution in [2.24, 2.45) is 5.73 Å². The molecule has 1 unspecified atom stereocenters. The fourth-order valence-corrected chi connectivity index (χ4v) is 1.81. The van der Waals surface area contributed by atoms with Crippen LogP contribution in [0, 0.1) is 0 Å². The number of carbonyl (C=O) groups excluding carboxylic acids is 1. The Hall–Kier alpha value is -1.94. The lowest BCUT2D eigenvalue weighted by atomic mass is 10.1. The third-order valence-corrected chi connectivity index (χ3v) is 2.93. The molecule has 0 saturated carbocycles. The van der Waals surface area contributed by atoms with Gasteiger partial charge in [0.15, 0.2) is 0 Å². The summed E-state index contributed by atoms with van der Waals surface area (Å²) in [5.41, 5.74) is 6.55. The Bertz CT molecular complexity index is 548. The molecule has 94 valence electrons. The van der Waals surface area contributed by atoms with Gasteiger partial charge in [-0.25, -0.2) is 0 Å². The van der Waals surface area contributed by atoms with Crippen LogP contribution in [0.3, 0.4) is 0 Å². The summed E-state index contributed by atoms with van der Waals surface area (Å²) >= 11 is 0. The van der Waals surface area contributed by atoms with E-state index in [0.29, 0.717) is 6.42 Å². The molecular formula is C14H17N3O. The minimum atomic E-state index is -0.0851. The van der Waals surface area contributed by atoms with Crippen molar-refractivity contribution < 1.29 is 4.79 Å². The van der Waals surface area contributed by atoms with Crippen LogP contribution in [-0.2, 0) is 4.79 Å². The van der Waals surface area contributed by atoms with Crippen molar-refractivity contribution in [2.75, 3.05) is 5.32 Å². The molecule has 4 nitrogen and oxygen atoms in total. The van der Waals surface area contributed by atoms with Gasteiger partial charge in [-0.15, -0.1) is 0 Å². The van der Waals surface area contributed by atoms with Gasteiger partial charge in [-0.3, -0.25) is 9.78 Å². The van der Waals surface area contributed by atoms with Gasteiger partial charge in [-0.2, -0.15) is 0 Å². The van der Waals surface area contributed by atoms with Crippen LogP contribution in [0.2, 0.25) is 0 Å². The molecule has 2 aromatic rings. The number of pyridine rings is 1. The number of nitrogens with zero attached hydrogens (tertiary/aromatic N) is 1. The van der Waals surface area contributed by atoms with Gasteiger partial charge in [-0.1, -0.05) is 19.1 Å². The molecule has 1 amide bonds. The Morgan fingerprint density at radius 1 is 1.44 bits per heavy atom. The summed E-state index contributed by atoms with van der Waals surface area (Å²) in [6, 6.07) is 7.61. The average Bonchev–Trinajstić information content (AvgIpc) is 2.39. The molecular weight excluding hydrogens is 226 g/mol. The highest BCUT2D eigenvalue weighted by atomic mass is 16.1. The largest absolute Gasteiger partial charge is 0.327 e. The zero-order valence-electron chi connectivity index (χ0n) is 10.4. The molecule has 0 aliphatic carbocycles. The van der Waals surface area contributed by atoms with Crippen LogP contribution in [0.4, 0.5) is 5.69 Å². The van der Waals surface area contributed by atoms with E-state index in [1.807, 2.05) is 31.2 Å². The van der Waals surface area contributed by atoms with E-state index < -0.39 is 0 Å².